The van der Waals surface area contributed by atoms with E-state index < -0.39 is 0 Å². The molecule has 2 heterocycles. The van der Waals surface area contributed by atoms with E-state index in [9.17, 15) is 4.79 Å². The Bertz CT molecular complexity index is 1060. The maximum atomic E-state index is 12.9. The van der Waals surface area contributed by atoms with Crippen LogP contribution >= 0.6 is 11.3 Å². The number of carbonyl (C=O) groups is 1. The summed E-state index contributed by atoms with van der Waals surface area (Å²) in [5.74, 6) is 0.605. The molecule has 0 aliphatic rings. The number of nitrogens with zero attached hydrogens (tertiary/aromatic N) is 2. The largest absolute Gasteiger partial charge is 0.497 e. The number of hydrogen-bond acceptors (Lipinski definition) is 4. The monoisotopic (exact) mass is 389 g/mol. The van der Waals surface area contributed by atoms with Crippen LogP contribution in [-0.4, -0.2) is 22.8 Å². The van der Waals surface area contributed by atoms with Gasteiger partial charge in [-0.15, -0.1) is 0 Å². The molecule has 6 heteroatoms. The van der Waals surface area contributed by atoms with Crippen molar-refractivity contribution < 1.29 is 9.53 Å². The molecule has 0 fully saturated rings. The molecular weight excluding hydrogens is 370 g/mol. The third kappa shape index (κ3) is 3.82. The fourth-order valence-corrected chi connectivity index (χ4v) is 3.55. The second-order valence-electron chi connectivity index (χ2n) is 6.21. The first-order chi connectivity index (χ1) is 13.7. The van der Waals surface area contributed by atoms with E-state index in [2.05, 4.69) is 10.4 Å². The summed E-state index contributed by atoms with van der Waals surface area (Å²) in [5.41, 5.74) is 4.00. The lowest BCUT2D eigenvalue weighted by Gasteiger charge is -2.05. The molecule has 4 aromatic rings. The number of hydrogen-bond donors (Lipinski definition) is 1. The van der Waals surface area contributed by atoms with Gasteiger partial charge in [0.2, 0.25) is 0 Å². The van der Waals surface area contributed by atoms with E-state index >= 15 is 0 Å². The Hall–Kier alpha value is -3.38. The predicted molar refractivity (Wildman–Crippen MR) is 111 cm³/mol. The van der Waals surface area contributed by atoms with Crippen molar-refractivity contribution in [3.05, 3.63) is 88.7 Å². The summed E-state index contributed by atoms with van der Waals surface area (Å²) in [6, 6.07) is 19.3. The number of aromatic nitrogens is 2. The van der Waals surface area contributed by atoms with Crippen molar-refractivity contribution in [2.45, 2.75) is 6.54 Å². The molecule has 0 bridgehead atoms. The van der Waals surface area contributed by atoms with Crippen LogP contribution in [0.15, 0.2) is 77.6 Å². The number of nitrogens with one attached hydrogen (secondary N) is 1. The summed E-state index contributed by atoms with van der Waals surface area (Å²) in [5, 5.41) is 11.7. The highest BCUT2D eigenvalue weighted by molar-refractivity contribution is 7.07. The van der Waals surface area contributed by atoms with Gasteiger partial charge in [0.25, 0.3) is 5.91 Å². The zero-order valence-electron chi connectivity index (χ0n) is 15.3. The van der Waals surface area contributed by atoms with Gasteiger partial charge in [-0.2, -0.15) is 16.4 Å². The van der Waals surface area contributed by atoms with Crippen LogP contribution in [0.5, 0.6) is 5.75 Å². The molecule has 1 amide bonds. The first kappa shape index (κ1) is 18.0. The summed E-state index contributed by atoms with van der Waals surface area (Å²) >= 11 is 1.61. The number of rotatable bonds is 6. The number of para-hydroxylation sites is 1. The molecule has 140 valence electrons. The van der Waals surface area contributed by atoms with E-state index in [4.69, 9.17) is 4.74 Å². The van der Waals surface area contributed by atoms with Crippen molar-refractivity contribution in [2.24, 2.45) is 0 Å². The normalized spacial score (nSPS) is 10.6. The van der Waals surface area contributed by atoms with Gasteiger partial charge in [0, 0.05) is 18.3 Å². The molecule has 0 aliphatic carbocycles. The molecular formula is C22H19N3O2S. The van der Waals surface area contributed by atoms with E-state index in [1.165, 1.54) is 0 Å². The number of ether oxygens (including phenoxy) is 1. The van der Waals surface area contributed by atoms with Crippen LogP contribution in [0.1, 0.15) is 15.9 Å². The zero-order valence-corrected chi connectivity index (χ0v) is 16.1. The minimum Gasteiger partial charge on any atom is -0.497 e. The van der Waals surface area contributed by atoms with Crippen molar-refractivity contribution in [1.82, 2.24) is 15.1 Å². The molecule has 4 rings (SSSR count). The van der Waals surface area contributed by atoms with Crippen LogP contribution in [-0.2, 0) is 6.54 Å². The number of benzene rings is 2. The van der Waals surface area contributed by atoms with Gasteiger partial charge < -0.3 is 10.1 Å². The van der Waals surface area contributed by atoms with Crippen molar-refractivity contribution in [1.29, 1.82) is 0 Å². The van der Waals surface area contributed by atoms with Crippen LogP contribution in [0.25, 0.3) is 16.9 Å². The fourth-order valence-electron chi connectivity index (χ4n) is 2.89. The smallest absolute Gasteiger partial charge is 0.255 e. The fraction of sp³-hybridized carbons (Fsp3) is 0.0909. The molecule has 0 saturated carbocycles. The molecule has 0 saturated heterocycles. The van der Waals surface area contributed by atoms with Crippen molar-refractivity contribution >= 4 is 17.2 Å². The van der Waals surface area contributed by atoms with Crippen LogP contribution in [0.3, 0.4) is 0 Å². The molecule has 0 aliphatic heterocycles. The number of thiophene rings is 1. The summed E-state index contributed by atoms with van der Waals surface area (Å²) in [7, 11) is 1.63. The minimum absolute atomic E-state index is 0.154. The summed E-state index contributed by atoms with van der Waals surface area (Å²) < 4.78 is 6.97. The molecule has 2 aromatic carbocycles. The van der Waals surface area contributed by atoms with Gasteiger partial charge in [-0.25, -0.2) is 4.68 Å². The first-order valence-electron chi connectivity index (χ1n) is 8.83. The lowest BCUT2D eigenvalue weighted by Crippen LogP contribution is -2.22. The highest BCUT2D eigenvalue weighted by Crippen LogP contribution is 2.26. The van der Waals surface area contributed by atoms with Crippen LogP contribution < -0.4 is 10.1 Å². The van der Waals surface area contributed by atoms with Crippen LogP contribution in [0.2, 0.25) is 0 Å². The lowest BCUT2D eigenvalue weighted by atomic mass is 10.1. The van der Waals surface area contributed by atoms with E-state index in [-0.39, 0.29) is 5.91 Å². The van der Waals surface area contributed by atoms with E-state index in [1.54, 1.807) is 29.3 Å². The maximum absolute atomic E-state index is 12.9. The standard InChI is InChI=1S/C22H19N3O2S/c1-27-19-9-7-17(8-10-19)21-20(22(26)23-13-16-11-12-28-15-16)14-25(24-21)18-5-3-2-4-6-18/h2-12,14-15H,13H2,1H3,(H,23,26). The first-order valence-corrected chi connectivity index (χ1v) is 9.77. The molecule has 0 spiro atoms. The third-order valence-corrected chi connectivity index (χ3v) is 5.11. The van der Waals surface area contributed by atoms with Gasteiger partial charge in [-0.3, -0.25) is 4.79 Å². The van der Waals surface area contributed by atoms with E-state index in [0.717, 1.165) is 22.6 Å². The van der Waals surface area contributed by atoms with Crippen molar-refractivity contribution in [2.75, 3.05) is 7.11 Å². The molecule has 0 unspecified atom stereocenters. The van der Waals surface area contributed by atoms with E-state index in [0.29, 0.717) is 17.8 Å². The van der Waals surface area contributed by atoms with Gasteiger partial charge in [0.1, 0.15) is 11.4 Å². The number of carbonyl (C=O) groups excluding carboxylic acids is 1. The second-order valence-corrected chi connectivity index (χ2v) is 6.99. The zero-order chi connectivity index (χ0) is 19.3. The maximum Gasteiger partial charge on any atom is 0.255 e. The molecule has 0 atom stereocenters. The topological polar surface area (TPSA) is 56.2 Å². The quantitative estimate of drug-likeness (QED) is 0.527. The Morgan fingerprint density at radius 3 is 2.57 bits per heavy atom. The van der Waals surface area contributed by atoms with Gasteiger partial charge >= 0.3 is 0 Å². The Kier molecular flexibility index (Phi) is 5.21. The number of amides is 1. The average Bonchev–Trinajstić information content (AvgIpc) is 3.43. The highest BCUT2D eigenvalue weighted by Gasteiger charge is 2.18. The third-order valence-electron chi connectivity index (χ3n) is 4.38. The van der Waals surface area contributed by atoms with E-state index in [1.807, 2.05) is 71.4 Å². The predicted octanol–water partition coefficient (Wildman–Crippen LogP) is 4.54. The molecule has 2 aromatic heterocycles. The van der Waals surface area contributed by atoms with Crippen LogP contribution in [0.4, 0.5) is 0 Å². The van der Waals surface area contributed by atoms with Gasteiger partial charge in [-0.05, 0) is 58.8 Å². The molecule has 0 radical (unpaired) electrons. The molecule has 1 N–H and O–H groups in total. The van der Waals surface area contributed by atoms with Gasteiger partial charge in [0.15, 0.2) is 0 Å². The summed E-state index contributed by atoms with van der Waals surface area (Å²) in [4.78, 5) is 12.9. The lowest BCUT2D eigenvalue weighted by molar-refractivity contribution is 0.0951. The van der Waals surface area contributed by atoms with Gasteiger partial charge in [0.05, 0.1) is 18.4 Å². The Labute approximate surface area is 167 Å². The van der Waals surface area contributed by atoms with Crippen LogP contribution in [0, 0.1) is 0 Å². The second kappa shape index (κ2) is 8.10. The summed E-state index contributed by atoms with van der Waals surface area (Å²) in [6.45, 7) is 0.487. The number of methoxy groups -OCH3 is 1. The average molecular weight is 389 g/mol. The Morgan fingerprint density at radius 1 is 1.11 bits per heavy atom. The SMILES string of the molecule is COc1ccc(-c2nn(-c3ccccc3)cc2C(=O)NCc2ccsc2)cc1. The Balaban J connectivity index is 1.69. The van der Waals surface area contributed by atoms with Crippen molar-refractivity contribution in [3.63, 3.8) is 0 Å². The summed E-state index contributed by atoms with van der Waals surface area (Å²) in [6.07, 6.45) is 1.78. The minimum atomic E-state index is -0.154. The Morgan fingerprint density at radius 2 is 1.89 bits per heavy atom. The highest BCUT2D eigenvalue weighted by atomic mass is 32.1. The van der Waals surface area contributed by atoms with Gasteiger partial charge in [-0.1, -0.05) is 18.2 Å². The molecule has 5 nitrogen and oxygen atoms in total. The van der Waals surface area contributed by atoms with Crippen molar-refractivity contribution in [3.8, 4) is 22.7 Å². The molecule has 28 heavy (non-hydrogen) atoms.